The van der Waals surface area contributed by atoms with Crippen LogP contribution < -0.4 is 0 Å². The van der Waals surface area contributed by atoms with E-state index in [1.165, 1.54) is 11.3 Å². The molecule has 0 aliphatic carbocycles. The molecule has 0 aliphatic heterocycles. The summed E-state index contributed by atoms with van der Waals surface area (Å²) in [5, 5.41) is 8.56. The molecule has 1 amide bonds. The minimum absolute atomic E-state index is 0.0218. The number of amides is 1. The Balaban J connectivity index is 2.68. The molecule has 4 nitrogen and oxygen atoms in total. The zero-order chi connectivity index (χ0) is 12.0. The van der Waals surface area contributed by atoms with Gasteiger partial charge in [0.2, 0.25) is 0 Å². The van der Waals surface area contributed by atoms with Crippen molar-refractivity contribution in [1.29, 1.82) is 5.26 Å². The molecule has 0 aromatic carbocycles. The molecule has 1 heterocycles. The van der Waals surface area contributed by atoms with E-state index in [0.717, 1.165) is 0 Å². The topological polar surface area (TPSA) is 57.0 Å². The van der Waals surface area contributed by atoms with Gasteiger partial charge in [0.25, 0.3) is 5.91 Å². The number of aromatic nitrogens is 1. The van der Waals surface area contributed by atoms with Crippen LogP contribution in [0.15, 0.2) is 11.7 Å². The second kappa shape index (κ2) is 6.23. The van der Waals surface area contributed by atoms with Crippen LogP contribution in [0.5, 0.6) is 0 Å². The number of nitrogens with zero attached hydrogens (tertiary/aromatic N) is 3. The molecule has 16 heavy (non-hydrogen) atoms. The first-order chi connectivity index (χ1) is 7.65. The minimum atomic E-state index is -0.0218. The maximum atomic E-state index is 12.0. The molecular formula is C11H15N3OS. The Hall–Kier alpha value is -1.41. The molecule has 0 saturated heterocycles. The molecule has 5 heteroatoms. The van der Waals surface area contributed by atoms with E-state index in [0.29, 0.717) is 30.3 Å². The number of rotatable bonds is 5. The van der Waals surface area contributed by atoms with E-state index >= 15 is 0 Å². The Kier molecular flexibility index (Phi) is 4.93. The van der Waals surface area contributed by atoms with Crippen LogP contribution in [0.25, 0.3) is 0 Å². The highest BCUT2D eigenvalue weighted by Crippen LogP contribution is 2.11. The summed E-state index contributed by atoms with van der Waals surface area (Å²) in [6.07, 6.45) is 1.95. The summed E-state index contributed by atoms with van der Waals surface area (Å²) in [4.78, 5) is 18.3. The normalized spacial score (nSPS) is 10.1. The van der Waals surface area contributed by atoms with Gasteiger partial charge in [0, 0.05) is 13.1 Å². The lowest BCUT2D eigenvalue weighted by Crippen LogP contribution is -2.34. The van der Waals surface area contributed by atoms with Crippen LogP contribution in [0.2, 0.25) is 0 Å². The van der Waals surface area contributed by atoms with Crippen LogP contribution in [0.3, 0.4) is 0 Å². The van der Waals surface area contributed by atoms with Gasteiger partial charge in [-0.15, -0.1) is 11.3 Å². The summed E-state index contributed by atoms with van der Waals surface area (Å²) in [6.45, 7) is 5.28. The first kappa shape index (κ1) is 12.7. The van der Waals surface area contributed by atoms with E-state index in [1.807, 2.05) is 0 Å². The van der Waals surface area contributed by atoms with Gasteiger partial charge in [0.05, 0.1) is 24.2 Å². The van der Waals surface area contributed by atoms with Crippen LogP contribution in [0.4, 0.5) is 0 Å². The lowest BCUT2D eigenvalue weighted by molar-refractivity contribution is 0.0744. The van der Waals surface area contributed by atoms with Gasteiger partial charge >= 0.3 is 0 Å². The van der Waals surface area contributed by atoms with Gasteiger partial charge in [-0.1, -0.05) is 13.8 Å². The largest absolute Gasteiger partial charge is 0.337 e. The molecule has 0 N–H and O–H groups in total. The van der Waals surface area contributed by atoms with E-state index < -0.39 is 0 Å². The van der Waals surface area contributed by atoms with Crippen LogP contribution in [-0.4, -0.2) is 28.9 Å². The monoisotopic (exact) mass is 237 g/mol. The minimum Gasteiger partial charge on any atom is -0.337 e. The summed E-state index contributed by atoms with van der Waals surface area (Å²) in [7, 11) is 0. The predicted molar refractivity (Wildman–Crippen MR) is 63.1 cm³/mol. The van der Waals surface area contributed by atoms with Gasteiger partial charge in [0.15, 0.2) is 0 Å². The number of carbonyl (C=O) groups is 1. The standard InChI is InChI=1S/C11H15N3OS/c1-9(2)7-14(5-3-4-12)11(15)10-6-13-8-16-10/h6,8-9H,3,5,7H2,1-2H3. The summed E-state index contributed by atoms with van der Waals surface area (Å²) in [5.74, 6) is 0.377. The zero-order valence-corrected chi connectivity index (χ0v) is 10.3. The number of hydrogen-bond acceptors (Lipinski definition) is 4. The Labute approximate surface area is 99.5 Å². The fourth-order valence-corrected chi connectivity index (χ4v) is 1.97. The van der Waals surface area contributed by atoms with Crippen molar-refractivity contribution in [2.24, 2.45) is 5.92 Å². The van der Waals surface area contributed by atoms with Crippen molar-refractivity contribution < 1.29 is 4.79 Å². The van der Waals surface area contributed by atoms with E-state index in [9.17, 15) is 4.79 Å². The van der Waals surface area contributed by atoms with Crippen molar-refractivity contribution in [1.82, 2.24) is 9.88 Å². The average molecular weight is 237 g/mol. The molecule has 0 radical (unpaired) electrons. The summed E-state index contributed by atoms with van der Waals surface area (Å²) < 4.78 is 0. The van der Waals surface area contributed by atoms with E-state index in [2.05, 4.69) is 24.9 Å². The summed E-state index contributed by atoms with van der Waals surface area (Å²) >= 11 is 1.33. The zero-order valence-electron chi connectivity index (χ0n) is 9.51. The molecule has 0 fully saturated rings. The molecule has 1 rings (SSSR count). The third-order valence-electron chi connectivity index (χ3n) is 2.01. The molecule has 86 valence electrons. The number of carbonyl (C=O) groups excluding carboxylic acids is 1. The van der Waals surface area contributed by atoms with Crippen molar-refractivity contribution >= 4 is 17.2 Å². The third-order valence-corrected chi connectivity index (χ3v) is 2.77. The lowest BCUT2D eigenvalue weighted by atomic mass is 10.2. The fourth-order valence-electron chi connectivity index (χ4n) is 1.38. The maximum absolute atomic E-state index is 12.0. The van der Waals surface area contributed by atoms with Crippen LogP contribution in [0.1, 0.15) is 29.9 Å². The van der Waals surface area contributed by atoms with Crippen molar-refractivity contribution in [2.75, 3.05) is 13.1 Å². The smallest absolute Gasteiger partial charge is 0.265 e. The van der Waals surface area contributed by atoms with Gasteiger partial charge in [0.1, 0.15) is 4.88 Å². The van der Waals surface area contributed by atoms with E-state index in [1.54, 1.807) is 16.6 Å². The lowest BCUT2D eigenvalue weighted by Gasteiger charge is -2.22. The molecule has 0 spiro atoms. The van der Waals surface area contributed by atoms with Crippen molar-refractivity contribution in [2.45, 2.75) is 20.3 Å². The van der Waals surface area contributed by atoms with Crippen molar-refractivity contribution in [3.05, 3.63) is 16.6 Å². The van der Waals surface area contributed by atoms with E-state index in [4.69, 9.17) is 5.26 Å². The van der Waals surface area contributed by atoms with Crippen LogP contribution >= 0.6 is 11.3 Å². The maximum Gasteiger partial charge on any atom is 0.265 e. The van der Waals surface area contributed by atoms with Gasteiger partial charge < -0.3 is 4.90 Å². The molecule has 0 unspecified atom stereocenters. The Morgan fingerprint density at radius 2 is 2.44 bits per heavy atom. The predicted octanol–water partition coefficient (Wildman–Crippen LogP) is 2.15. The summed E-state index contributed by atoms with van der Waals surface area (Å²) in [6, 6.07) is 2.07. The molecule has 1 aromatic heterocycles. The Morgan fingerprint density at radius 3 is 2.94 bits per heavy atom. The molecule has 0 atom stereocenters. The second-order valence-electron chi connectivity index (χ2n) is 3.92. The molecule has 0 aliphatic rings. The van der Waals surface area contributed by atoms with Gasteiger partial charge in [-0.3, -0.25) is 9.78 Å². The molecule has 0 bridgehead atoms. The van der Waals surface area contributed by atoms with Crippen molar-refractivity contribution in [3.63, 3.8) is 0 Å². The SMILES string of the molecule is CC(C)CN(CCC#N)C(=O)c1cncs1. The molecule has 0 saturated carbocycles. The van der Waals surface area contributed by atoms with Gasteiger partial charge in [-0.05, 0) is 5.92 Å². The number of hydrogen-bond donors (Lipinski definition) is 0. The Bertz CT molecular complexity index is 367. The van der Waals surface area contributed by atoms with E-state index in [-0.39, 0.29) is 5.91 Å². The highest BCUT2D eigenvalue weighted by Gasteiger charge is 2.17. The average Bonchev–Trinajstić information content (AvgIpc) is 2.76. The number of nitriles is 1. The Morgan fingerprint density at radius 1 is 1.69 bits per heavy atom. The molecular weight excluding hydrogens is 222 g/mol. The highest BCUT2D eigenvalue weighted by atomic mass is 32.1. The quantitative estimate of drug-likeness (QED) is 0.788. The van der Waals surface area contributed by atoms with Gasteiger partial charge in [-0.2, -0.15) is 5.26 Å². The van der Waals surface area contributed by atoms with Crippen molar-refractivity contribution in [3.8, 4) is 6.07 Å². The van der Waals surface area contributed by atoms with Crippen LogP contribution in [0, 0.1) is 17.2 Å². The first-order valence-electron chi connectivity index (χ1n) is 5.20. The van der Waals surface area contributed by atoms with Gasteiger partial charge in [-0.25, -0.2) is 0 Å². The highest BCUT2D eigenvalue weighted by molar-refractivity contribution is 7.11. The summed E-state index contributed by atoms with van der Waals surface area (Å²) in [5.41, 5.74) is 1.64. The first-order valence-corrected chi connectivity index (χ1v) is 6.07. The number of thiazole rings is 1. The molecule has 1 aromatic rings. The van der Waals surface area contributed by atoms with Crippen LogP contribution in [-0.2, 0) is 0 Å². The fraction of sp³-hybridized carbons (Fsp3) is 0.545. The second-order valence-corrected chi connectivity index (χ2v) is 4.81. The third kappa shape index (κ3) is 3.63.